The van der Waals surface area contributed by atoms with Crippen molar-refractivity contribution < 1.29 is 9.53 Å². The molecule has 0 N–H and O–H groups in total. The predicted molar refractivity (Wildman–Crippen MR) is 84.5 cm³/mol. The highest BCUT2D eigenvalue weighted by molar-refractivity contribution is 6.42. The van der Waals surface area contributed by atoms with Gasteiger partial charge in [-0.25, -0.2) is 0 Å². The Balaban J connectivity index is 1.85. The Morgan fingerprint density at radius 2 is 1.95 bits per heavy atom. The van der Waals surface area contributed by atoms with Crippen LogP contribution in [0, 0.1) is 0 Å². The number of Topliss-reactive ketones (excluding diaryl/α,β-unsaturated/α-hetero) is 1. The summed E-state index contributed by atoms with van der Waals surface area (Å²) in [4.78, 5) is 12.6. The number of fused-ring (bicyclic) bond motifs is 1. The molecule has 3 rings (SSSR count). The van der Waals surface area contributed by atoms with E-state index in [0.29, 0.717) is 29.5 Å². The fraction of sp³-hybridized carbons (Fsp3) is 0.235. The van der Waals surface area contributed by atoms with Crippen LogP contribution in [0.3, 0.4) is 0 Å². The van der Waals surface area contributed by atoms with E-state index in [0.717, 1.165) is 16.9 Å². The monoisotopic (exact) mass is 320 g/mol. The van der Waals surface area contributed by atoms with Gasteiger partial charge in [0.1, 0.15) is 11.5 Å². The Hall–Kier alpha value is -1.51. The molecule has 1 unspecified atom stereocenters. The molecule has 0 radical (unpaired) electrons. The number of rotatable bonds is 3. The van der Waals surface area contributed by atoms with Crippen molar-refractivity contribution in [2.75, 3.05) is 6.61 Å². The van der Waals surface area contributed by atoms with Gasteiger partial charge >= 0.3 is 0 Å². The van der Waals surface area contributed by atoms with Crippen LogP contribution in [-0.4, -0.2) is 12.4 Å². The number of benzene rings is 2. The highest BCUT2D eigenvalue weighted by Gasteiger charge is 2.27. The molecule has 2 nitrogen and oxygen atoms in total. The first-order valence-corrected chi connectivity index (χ1v) is 7.59. The van der Waals surface area contributed by atoms with Crippen LogP contribution in [0.5, 0.6) is 5.75 Å². The third-order valence-corrected chi connectivity index (χ3v) is 4.60. The van der Waals surface area contributed by atoms with Crippen molar-refractivity contribution >= 4 is 29.0 Å². The molecule has 0 bridgehead atoms. The van der Waals surface area contributed by atoms with Crippen molar-refractivity contribution in [1.82, 2.24) is 0 Å². The first-order valence-electron chi connectivity index (χ1n) is 6.84. The summed E-state index contributed by atoms with van der Waals surface area (Å²) in [6.07, 6.45) is 0.992. The van der Waals surface area contributed by atoms with Gasteiger partial charge in [0.2, 0.25) is 0 Å². The second kappa shape index (κ2) is 6.08. The van der Waals surface area contributed by atoms with Crippen LogP contribution in [0.1, 0.15) is 23.5 Å². The third-order valence-electron chi connectivity index (χ3n) is 3.74. The topological polar surface area (TPSA) is 26.3 Å². The van der Waals surface area contributed by atoms with E-state index in [2.05, 4.69) is 0 Å². The minimum absolute atomic E-state index is 0.134. The van der Waals surface area contributed by atoms with Gasteiger partial charge in [-0.3, -0.25) is 4.79 Å². The lowest BCUT2D eigenvalue weighted by molar-refractivity contribution is -0.120. The molecule has 2 aromatic carbocycles. The minimum atomic E-state index is -0.134. The van der Waals surface area contributed by atoms with Gasteiger partial charge in [0.25, 0.3) is 0 Å². The van der Waals surface area contributed by atoms with Crippen molar-refractivity contribution in [3.05, 3.63) is 63.6 Å². The zero-order valence-corrected chi connectivity index (χ0v) is 12.8. The maximum absolute atomic E-state index is 12.6. The van der Waals surface area contributed by atoms with Gasteiger partial charge in [-0.15, -0.1) is 0 Å². The number of ketones is 1. The summed E-state index contributed by atoms with van der Waals surface area (Å²) in [5.74, 6) is 0.819. The summed E-state index contributed by atoms with van der Waals surface area (Å²) in [6.45, 7) is 0.566. The SMILES string of the molecule is O=C(Cc1cccc(Cl)c1Cl)C1CCOc2ccccc21. The normalized spacial score (nSPS) is 17.0. The summed E-state index contributed by atoms with van der Waals surface area (Å²) in [5, 5.41) is 0.946. The van der Waals surface area contributed by atoms with Crippen LogP contribution in [0.2, 0.25) is 10.0 Å². The molecule has 0 amide bonds. The molecule has 2 aromatic rings. The van der Waals surface area contributed by atoms with E-state index in [1.165, 1.54) is 0 Å². The highest BCUT2D eigenvalue weighted by Crippen LogP contribution is 2.35. The molecule has 4 heteroatoms. The fourth-order valence-electron chi connectivity index (χ4n) is 2.67. The lowest BCUT2D eigenvalue weighted by Crippen LogP contribution is -2.22. The van der Waals surface area contributed by atoms with Crippen molar-refractivity contribution in [3.8, 4) is 5.75 Å². The van der Waals surface area contributed by atoms with Crippen LogP contribution in [-0.2, 0) is 11.2 Å². The van der Waals surface area contributed by atoms with Gasteiger partial charge in [0.05, 0.1) is 16.7 Å². The predicted octanol–water partition coefficient (Wildman–Crippen LogP) is 4.67. The van der Waals surface area contributed by atoms with Crippen molar-refractivity contribution in [3.63, 3.8) is 0 Å². The lowest BCUT2D eigenvalue weighted by atomic mass is 9.87. The molecular weight excluding hydrogens is 307 g/mol. The first kappa shape index (κ1) is 14.4. The number of carbonyl (C=O) groups is 1. The summed E-state index contributed by atoms with van der Waals surface area (Å²) in [6, 6.07) is 13.1. The Labute approximate surface area is 133 Å². The van der Waals surface area contributed by atoms with Crippen LogP contribution in [0.4, 0.5) is 0 Å². The molecule has 1 atom stereocenters. The van der Waals surface area contributed by atoms with Crippen molar-refractivity contribution in [2.45, 2.75) is 18.8 Å². The average molecular weight is 321 g/mol. The molecule has 0 spiro atoms. The Kier molecular flexibility index (Phi) is 4.18. The smallest absolute Gasteiger partial charge is 0.145 e. The van der Waals surface area contributed by atoms with Crippen LogP contribution in [0.15, 0.2) is 42.5 Å². The molecule has 0 aliphatic carbocycles. The largest absolute Gasteiger partial charge is 0.493 e. The summed E-state index contributed by atoms with van der Waals surface area (Å²) < 4.78 is 5.60. The summed E-state index contributed by atoms with van der Waals surface area (Å²) in [7, 11) is 0. The highest BCUT2D eigenvalue weighted by atomic mass is 35.5. The Morgan fingerprint density at radius 3 is 2.81 bits per heavy atom. The zero-order chi connectivity index (χ0) is 14.8. The molecule has 0 fully saturated rings. The summed E-state index contributed by atoms with van der Waals surface area (Å²) >= 11 is 12.2. The van der Waals surface area contributed by atoms with Gasteiger partial charge in [0.15, 0.2) is 0 Å². The molecule has 1 aliphatic heterocycles. The molecule has 1 heterocycles. The van der Waals surface area contributed by atoms with Gasteiger partial charge in [-0.05, 0) is 24.1 Å². The van der Waals surface area contributed by atoms with Gasteiger partial charge in [-0.2, -0.15) is 0 Å². The fourth-order valence-corrected chi connectivity index (χ4v) is 3.06. The lowest BCUT2D eigenvalue weighted by Gasteiger charge is -2.25. The number of carbonyl (C=O) groups excluding carboxylic acids is 1. The standard InChI is InChI=1S/C17H14Cl2O2/c18-14-6-3-4-11(17(14)19)10-15(20)12-8-9-21-16-7-2-1-5-13(12)16/h1-7,12H,8-10H2. The van der Waals surface area contributed by atoms with E-state index in [4.69, 9.17) is 27.9 Å². The van der Waals surface area contributed by atoms with Gasteiger partial charge in [0, 0.05) is 17.9 Å². The van der Waals surface area contributed by atoms with E-state index in [9.17, 15) is 4.79 Å². The van der Waals surface area contributed by atoms with Gasteiger partial charge in [-0.1, -0.05) is 53.5 Å². The van der Waals surface area contributed by atoms with Crippen molar-refractivity contribution in [1.29, 1.82) is 0 Å². The van der Waals surface area contributed by atoms with E-state index in [1.54, 1.807) is 6.07 Å². The molecule has 1 aliphatic rings. The van der Waals surface area contributed by atoms with Crippen LogP contribution >= 0.6 is 23.2 Å². The number of hydrogen-bond donors (Lipinski definition) is 0. The quantitative estimate of drug-likeness (QED) is 0.821. The van der Waals surface area contributed by atoms with E-state index < -0.39 is 0 Å². The first-order chi connectivity index (χ1) is 10.2. The number of hydrogen-bond acceptors (Lipinski definition) is 2. The van der Waals surface area contributed by atoms with E-state index in [1.807, 2.05) is 36.4 Å². The van der Waals surface area contributed by atoms with Crippen LogP contribution in [0.25, 0.3) is 0 Å². The summed E-state index contributed by atoms with van der Waals surface area (Å²) in [5.41, 5.74) is 1.74. The maximum Gasteiger partial charge on any atom is 0.145 e. The Bertz CT molecular complexity index is 682. The average Bonchev–Trinajstić information content (AvgIpc) is 2.51. The van der Waals surface area contributed by atoms with Crippen LogP contribution < -0.4 is 4.74 Å². The second-order valence-corrected chi connectivity index (χ2v) is 5.87. The maximum atomic E-state index is 12.6. The minimum Gasteiger partial charge on any atom is -0.493 e. The van der Waals surface area contributed by atoms with E-state index >= 15 is 0 Å². The molecule has 0 aromatic heterocycles. The molecule has 21 heavy (non-hydrogen) atoms. The third kappa shape index (κ3) is 2.92. The molecular formula is C17H14Cl2O2. The number of halogens is 2. The molecule has 0 saturated carbocycles. The Morgan fingerprint density at radius 1 is 1.14 bits per heavy atom. The second-order valence-electron chi connectivity index (χ2n) is 5.08. The van der Waals surface area contributed by atoms with E-state index in [-0.39, 0.29) is 11.7 Å². The van der Waals surface area contributed by atoms with Gasteiger partial charge < -0.3 is 4.74 Å². The molecule has 108 valence electrons. The van der Waals surface area contributed by atoms with Crippen molar-refractivity contribution in [2.24, 2.45) is 0 Å². The number of ether oxygens (including phenoxy) is 1. The zero-order valence-electron chi connectivity index (χ0n) is 11.3. The molecule has 0 saturated heterocycles. The number of para-hydroxylation sites is 1.